The molecule has 1 heterocycles. The third-order valence-corrected chi connectivity index (χ3v) is 4.89. The third-order valence-electron chi connectivity index (χ3n) is 4.89. The fourth-order valence-corrected chi connectivity index (χ4v) is 3.16. The molecule has 8 heteroatoms. The molecule has 1 saturated heterocycles. The molecule has 1 unspecified atom stereocenters. The Balaban J connectivity index is 1.58. The molecule has 1 aliphatic heterocycles. The zero-order valence-electron chi connectivity index (χ0n) is 16.2. The molecule has 0 aliphatic carbocycles. The number of methoxy groups -OCH3 is 1. The summed E-state index contributed by atoms with van der Waals surface area (Å²) in [4.78, 5) is 38.3. The number of hydrogen-bond acceptors (Lipinski definition) is 4. The quantitative estimate of drug-likeness (QED) is 0.697. The van der Waals surface area contributed by atoms with E-state index in [0.717, 1.165) is 10.5 Å². The van der Waals surface area contributed by atoms with Crippen LogP contribution in [0.25, 0.3) is 0 Å². The summed E-state index contributed by atoms with van der Waals surface area (Å²) in [7, 11) is 1.54. The normalized spacial score (nSPS) is 18.5. The molecule has 0 bridgehead atoms. The molecule has 0 spiro atoms. The zero-order chi connectivity index (χ0) is 21.0. The minimum atomic E-state index is -1.25. The van der Waals surface area contributed by atoms with Crippen molar-refractivity contribution in [3.8, 4) is 5.75 Å². The smallest absolute Gasteiger partial charge is 0.325 e. The molecule has 1 fully saturated rings. The molecule has 3 rings (SSSR count). The number of amides is 4. The summed E-state index contributed by atoms with van der Waals surface area (Å²) >= 11 is 0. The van der Waals surface area contributed by atoms with E-state index in [1.54, 1.807) is 43.3 Å². The SMILES string of the molecule is COc1ccc(C2(C)NC(=O)N(CC(=O)NCCc3ccc(F)cc3)C2=O)cc1. The first kappa shape index (κ1) is 20.3. The highest BCUT2D eigenvalue weighted by Crippen LogP contribution is 2.29. The highest BCUT2D eigenvalue weighted by atomic mass is 19.1. The van der Waals surface area contributed by atoms with Gasteiger partial charge in [-0.1, -0.05) is 24.3 Å². The van der Waals surface area contributed by atoms with E-state index in [2.05, 4.69) is 10.6 Å². The van der Waals surface area contributed by atoms with Crippen LogP contribution in [0.3, 0.4) is 0 Å². The molecule has 7 nitrogen and oxygen atoms in total. The van der Waals surface area contributed by atoms with Gasteiger partial charge >= 0.3 is 6.03 Å². The van der Waals surface area contributed by atoms with Crippen LogP contribution in [0.1, 0.15) is 18.1 Å². The van der Waals surface area contributed by atoms with Crippen LogP contribution in [-0.4, -0.2) is 42.9 Å². The van der Waals surface area contributed by atoms with E-state index in [0.29, 0.717) is 24.3 Å². The van der Waals surface area contributed by atoms with Gasteiger partial charge in [-0.15, -0.1) is 0 Å². The van der Waals surface area contributed by atoms with Crippen LogP contribution in [0, 0.1) is 5.82 Å². The van der Waals surface area contributed by atoms with Gasteiger partial charge in [-0.05, 0) is 48.7 Å². The lowest BCUT2D eigenvalue weighted by Gasteiger charge is -2.22. The largest absolute Gasteiger partial charge is 0.497 e. The van der Waals surface area contributed by atoms with Crippen LogP contribution in [0.15, 0.2) is 48.5 Å². The van der Waals surface area contributed by atoms with Crippen LogP contribution in [-0.2, 0) is 21.5 Å². The van der Waals surface area contributed by atoms with Gasteiger partial charge in [0.2, 0.25) is 5.91 Å². The van der Waals surface area contributed by atoms with E-state index in [4.69, 9.17) is 4.74 Å². The molecule has 152 valence electrons. The third kappa shape index (κ3) is 4.37. The lowest BCUT2D eigenvalue weighted by atomic mass is 9.92. The van der Waals surface area contributed by atoms with Gasteiger partial charge in [0.1, 0.15) is 23.7 Å². The number of benzene rings is 2. The molecule has 2 aromatic carbocycles. The fraction of sp³-hybridized carbons (Fsp3) is 0.286. The Morgan fingerprint density at radius 2 is 1.79 bits per heavy atom. The number of ether oxygens (including phenoxy) is 1. The summed E-state index contributed by atoms with van der Waals surface area (Å²) in [6.45, 7) is 1.53. The number of hydrogen-bond donors (Lipinski definition) is 2. The number of urea groups is 1. The Morgan fingerprint density at radius 1 is 1.14 bits per heavy atom. The Kier molecular flexibility index (Phi) is 5.81. The first-order chi connectivity index (χ1) is 13.8. The van der Waals surface area contributed by atoms with Crippen molar-refractivity contribution in [2.75, 3.05) is 20.2 Å². The predicted molar refractivity (Wildman–Crippen MR) is 104 cm³/mol. The lowest BCUT2D eigenvalue weighted by Crippen LogP contribution is -2.43. The van der Waals surface area contributed by atoms with Crippen LogP contribution in [0.4, 0.5) is 9.18 Å². The second-order valence-electron chi connectivity index (χ2n) is 6.90. The summed E-state index contributed by atoms with van der Waals surface area (Å²) in [6, 6.07) is 12.2. The van der Waals surface area contributed by atoms with Crippen LogP contribution in [0.2, 0.25) is 0 Å². The van der Waals surface area contributed by atoms with Crippen molar-refractivity contribution in [1.82, 2.24) is 15.5 Å². The summed E-state index contributed by atoms with van der Waals surface area (Å²) in [6.07, 6.45) is 0.510. The van der Waals surface area contributed by atoms with Gasteiger partial charge in [0.25, 0.3) is 5.91 Å². The summed E-state index contributed by atoms with van der Waals surface area (Å²) in [5.41, 5.74) is 0.210. The van der Waals surface area contributed by atoms with Gasteiger partial charge in [0.05, 0.1) is 7.11 Å². The Labute approximate surface area is 167 Å². The molecular weight excluding hydrogens is 377 g/mol. The van der Waals surface area contributed by atoms with Crippen molar-refractivity contribution in [3.63, 3.8) is 0 Å². The van der Waals surface area contributed by atoms with Crippen molar-refractivity contribution < 1.29 is 23.5 Å². The second kappa shape index (κ2) is 8.30. The van der Waals surface area contributed by atoms with Crippen molar-refractivity contribution >= 4 is 17.8 Å². The first-order valence-corrected chi connectivity index (χ1v) is 9.13. The highest BCUT2D eigenvalue weighted by molar-refractivity contribution is 6.09. The number of halogens is 1. The number of imide groups is 1. The molecule has 1 aliphatic rings. The Morgan fingerprint density at radius 3 is 2.41 bits per heavy atom. The fourth-order valence-electron chi connectivity index (χ4n) is 3.16. The van der Waals surface area contributed by atoms with Crippen molar-refractivity contribution in [2.24, 2.45) is 0 Å². The molecule has 0 aromatic heterocycles. The van der Waals surface area contributed by atoms with E-state index in [9.17, 15) is 18.8 Å². The lowest BCUT2D eigenvalue weighted by molar-refractivity contribution is -0.134. The topological polar surface area (TPSA) is 87.7 Å². The minimum absolute atomic E-state index is 0.309. The molecule has 2 aromatic rings. The van der Waals surface area contributed by atoms with Crippen LogP contribution < -0.4 is 15.4 Å². The minimum Gasteiger partial charge on any atom is -0.497 e. The number of nitrogens with zero attached hydrogens (tertiary/aromatic N) is 1. The van der Waals surface area contributed by atoms with E-state index < -0.39 is 23.4 Å². The molecule has 1 atom stereocenters. The van der Waals surface area contributed by atoms with E-state index >= 15 is 0 Å². The van der Waals surface area contributed by atoms with Crippen molar-refractivity contribution in [2.45, 2.75) is 18.9 Å². The predicted octanol–water partition coefficient (Wildman–Crippen LogP) is 1.96. The number of carbonyl (C=O) groups is 3. The van der Waals surface area contributed by atoms with E-state index in [-0.39, 0.29) is 12.4 Å². The monoisotopic (exact) mass is 399 g/mol. The molecule has 0 saturated carbocycles. The van der Waals surface area contributed by atoms with Gasteiger partial charge in [0, 0.05) is 6.54 Å². The maximum absolute atomic E-state index is 12.9. The Bertz CT molecular complexity index is 915. The van der Waals surface area contributed by atoms with E-state index in [1.807, 2.05) is 0 Å². The average Bonchev–Trinajstić information content (AvgIpc) is 2.93. The number of rotatable bonds is 7. The standard InChI is InChI=1S/C21H22FN3O4/c1-21(15-5-9-17(29-2)10-6-15)19(27)25(20(28)24-21)13-18(26)23-12-11-14-3-7-16(22)8-4-14/h3-10H,11-13H2,1-2H3,(H,23,26)(H,24,28). The number of carbonyl (C=O) groups excluding carboxylic acids is 3. The highest BCUT2D eigenvalue weighted by Gasteiger charge is 2.49. The van der Waals surface area contributed by atoms with Crippen molar-refractivity contribution in [1.29, 1.82) is 0 Å². The second-order valence-corrected chi connectivity index (χ2v) is 6.90. The average molecular weight is 399 g/mol. The van der Waals surface area contributed by atoms with E-state index in [1.165, 1.54) is 19.2 Å². The maximum Gasteiger partial charge on any atom is 0.325 e. The molecular formula is C21H22FN3O4. The van der Waals surface area contributed by atoms with Crippen molar-refractivity contribution in [3.05, 3.63) is 65.5 Å². The first-order valence-electron chi connectivity index (χ1n) is 9.13. The molecule has 29 heavy (non-hydrogen) atoms. The molecule has 2 N–H and O–H groups in total. The van der Waals surface area contributed by atoms with Crippen LogP contribution in [0.5, 0.6) is 5.75 Å². The van der Waals surface area contributed by atoms with Gasteiger partial charge in [-0.25, -0.2) is 9.18 Å². The van der Waals surface area contributed by atoms with Gasteiger partial charge in [-0.3, -0.25) is 14.5 Å². The molecule has 4 amide bonds. The van der Waals surface area contributed by atoms with Gasteiger partial charge in [0.15, 0.2) is 0 Å². The van der Waals surface area contributed by atoms with Crippen LogP contribution >= 0.6 is 0 Å². The zero-order valence-corrected chi connectivity index (χ0v) is 16.2. The van der Waals surface area contributed by atoms with Gasteiger partial charge in [-0.2, -0.15) is 0 Å². The summed E-state index contributed by atoms with van der Waals surface area (Å²) in [5.74, 6) is -0.640. The molecule has 0 radical (unpaired) electrons. The summed E-state index contributed by atoms with van der Waals surface area (Å²) < 4.78 is 18.0. The summed E-state index contributed by atoms with van der Waals surface area (Å²) in [5, 5.41) is 5.33. The maximum atomic E-state index is 12.9. The van der Waals surface area contributed by atoms with Gasteiger partial charge < -0.3 is 15.4 Å². The number of nitrogens with one attached hydrogen (secondary N) is 2. The Hall–Kier alpha value is -3.42.